The normalized spacial score (nSPS) is 19.9. The van der Waals surface area contributed by atoms with Gasteiger partial charge in [0, 0.05) is 24.2 Å². The van der Waals surface area contributed by atoms with Crippen LogP contribution in [0.25, 0.3) is 33.3 Å². The number of ether oxygens (including phenoxy) is 1. The smallest absolute Gasteiger partial charge is 0.261 e. The predicted molar refractivity (Wildman–Crippen MR) is 116 cm³/mol. The molecule has 0 aliphatic carbocycles. The van der Waals surface area contributed by atoms with Crippen molar-refractivity contribution in [2.45, 2.75) is 26.1 Å². The summed E-state index contributed by atoms with van der Waals surface area (Å²) in [5.74, 6) is 0.478. The van der Waals surface area contributed by atoms with Crippen LogP contribution in [0.5, 0.6) is 0 Å². The van der Waals surface area contributed by atoms with Gasteiger partial charge >= 0.3 is 0 Å². The Morgan fingerprint density at radius 2 is 1.83 bits per heavy atom. The first-order valence-corrected chi connectivity index (χ1v) is 9.80. The van der Waals surface area contributed by atoms with E-state index in [-0.39, 0.29) is 17.8 Å². The molecular formula is C22H23N5O2. The number of rotatable bonds is 2. The second kappa shape index (κ2) is 6.63. The molecule has 1 aliphatic heterocycles. The summed E-state index contributed by atoms with van der Waals surface area (Å²) in [7, 11) is 0. The number of H-pyrrole nitrogens is 2. The quantitative estimate of drug-likeness (QED) is 0.489. The summed E-state index contributed by atoms with van der Waals surface area (Å²) < 4.78 is 5.84. The lowest BCUT2D eigenvalue weighted by Crippen LogP contribution is -2.45. The Morgan fingerprint density at radius 1 is 1.07 bits per heavy atom. The second-order valence-corrected chi connectivity index (χ2v) is 7.74. The molecule has 0 amide bonds. The van der Waals surface area contributed by atoms with Crippen LogP contribution in [0, 0.1) is 0 Å². The van der Waals surface area contributed by atoms with Crippen molar-refractivity contribution >= 4 is 33.3 Å². The molecule has 3 heterocycles. The molecule has 5 rings (SSSR count). The van der Waals surface area contributed by atoms with Crippen LogP contribution in [0.2, 0.25) is 0 Å². The highest BCUT2D eigenvalue weighted by Crippen LogP contribution is 2.31. The SMILES string of the molecule is CC1CN(c2ccc3[nH]c(=O)c(-c4nc5ccccc5[nH]4)c(N)c3c2)CC(C)O1. The Morgan fingerprint density at radius 3 is 2.59 bits per heavy atom. The van der Waals surface area contributed by atoms with Gasteiger partial charge in [0.2, 0.25) is 0 Å². The molecule has 29 heavy (non-hydrogen) atoms. The van der Waals surface area contributed by atoms with Gasteiger partial charge in [0.1, 0.15) is 11.4 Å². The molecule has 2 aromatic carbocycles. The van der Waals surface area contributed by atoms with Gasteiger partial charge in [-0.05, 0) is 44.2 Å². The summed E-state index contributed by atoms with van der Waals surface area (Å²) in [6, 6.07) is 13.6. The van der Waals surface area contributed by atoms with Crippen molar-refractivity contribution in [1.82, 2.24) is 15.0 Å². The van der Waals surface area contributed by atoms with Gasteiger partial charge in [-0.1, -0.05) is 12.1 Å². The van der Waals surface area contributed by atoms with Crippen LogP contribution in [0.3, 0.4) is 0 Å². The molecule has 0 bridgehead atoms. The fourth-order valence-electron chi connectivity index (χ4n) is 4.20. The van der Waals surface area contributed by atoms with Crippen LogP contribution in [-0.4, -0.2) is 40.2 Å². The van der Waals surface area contributed by atoms with E-state index in [0.717, 1.165) is 35.2 Å². The maximum atomic E-state index is 12.8. The van der Waals surface area contributed by atoms with Crippen molar-refractivity contribution in [3.63, 3.8) is 0 Å². The molecular weight excluding hydrogens is 366 g/mol. The van der Waals surface area contributed by atoms with Gasteiger partial charge in [-0.25, -0.2) is 4.98 Å². The van der Waals surface area contributed by atoms with Crippen molar-refractivity contribution in [3.8, 4) is 11.4 Å². The third kappa shape index (κ3) is 3.03. The van der Waals surface area contributed by atoms with Crippen molar-refractivity contribution in [2.24, 2.45) is 0 Å². The maximum Gasteiger partial charge on any atom is 0.261 e. The summed E-state index contributed by atoms with van der Waals surface area (Å²) in [5.41, 5.74) is 10.5. The Bertz CT molecular complexity index is 1230. The number of imidazole rings is 1. The summed E-state index contributed by atoms with van der Waals surface area (Å²) >= 11 is 0. The van der Waals surface area contributed by atoms with E-state index in [2.05, 4.69) is 33.7 Å². The first-order valence-electron chi connectivity index (χ1n) is 9.80. The van der Waals surface area contributed by atoms with Gasteiger partial charge in [-0.2, -0.15) is 0 Å². The minimum Gasteiger partial charge on any atom is -0.397 e. The third-order valence-electron chi connectivity index (χ3n) is 5.45. The van der Waals surface area contributed by atoms with Crippen LogP contribution in [0.1, 0.15) is 13.8 Å². The number of pyridine rings is 1. The molecule has 4 aromatic rings. The molecule has 1 saturated heterocycles. The fourth-order valence-corrected chi connectivity index (χ4v) is 4.20. The van der Waals surface area contributed by atoms with Crippen LogP contribution in [-0.2, 0) is 4.74 Å². The first kappa shape index (κ1) is 17.8. The van der Waals surface area contributed by atoms with Crippen molar-refractivity contribution < 1.29 is 4.74 Å². The number of nitrogens with one attached hydrogen (secondary N) is 2. The molecule has 148 valence electrons. The van der Waals surface area contributed by atoms with E-state index in [1.165, 1.54) is 0 Å². The molecule has 0 saturated carbocycles. The third-order valence-corrected chi connectivity index (χ3v) is 5.45. The second-order valence-electron chi connectivity index (χ2n) is 7.74. The summed E-state index contributed by atoms with van der Waals surface area (Å²) in [5, 5.41) is 0.810. The van der Waals surface area contributed by atoms with Crippen molar-refractivity contribution in [2.75, 3.05) is 23.7 Å². The molecule has 2 aromatic heterocycles. The number of nitrogens with two attached hydrogens (primary N) is 1. The lowest BCUT2D eigenvalue weighted by atomic mass is 10.1. The van der Waals surface area contributed by atoms with E-state index >= 15 is 0 Å². The molecule has 4 N–H and O–H groups in total. The number of hydrogen-bond donors (Lipinski definition) is 3. The molecule has 7 heteroatoms. The van der Waals surface area contributed by atoms with Crippen molar-refractivity contribution in [1.29, 1.82) is 0 Å². The standard InChI is InChI=1S/C22H23N5O2/c1-12-10-27(11-13(2)29-12)14-7-8-16-15(9-14)20(23)19(22(28)26-16)21-24-17-5-3-4-6-18(17)25-21/h3-9,12-13H,10-11H2,1-2H3,(H,24,25)(H3,23,26,28). The van der Waals surface area contributed by atoms with Crippen LogP contribution in [0.15, 0.2) is 47.3 Å². The molecule has 7 nitrogen and oxygen atoms in total. The largest absolute Gasteiger partial charge is 0.397 e. The number of para-hydroxylation sites is 2. The summed E-state index contributed by atoms with van der Waals surface area (Å²) in [6.07, 6.45) is 0.321. The first-order chi connectivity index (χ1) is 14.0. The van der Waals surface area contributed by atoms with Gasteiger partial charge in [0.05, 0.1) is 34.4 Å². The highest BCUT2D eigenvalue weighted by Gasteiger charge is 2.23. The lowest BCUT2D eigenvalue weighted by Gasteiger charge is -2.37. The highest BCUT2D eigenvalue weighted by molar-refractivity contribution is 5.99. The van der Waals surface area contributed by atoms with Crippen LogP contribution >= 0.6 is 0 Å². The topological polar surface area (TPSA) is 100 Å². The molecule has 1 fully saturated rings. The van der Waals surface area contributed by atoms with Gasteiger partial charge in [-0.15, -0.1) is 0 Å². The minimum absolute atomic E-state index is 0.161. The molecule has 0 spiro atoms. The zero-order valence-electron chi connectivity index (χ0n) is 16.4. The number of nitrogens with zero attached hydrogens (tertiary/aromatic N) is 2. The Balaban J connectivity index is 1.65. The van der Waals surface area contributed by atoms with Gasteiger partial charge in [-0.3, -0.25) is 4.79 Å². The number of aromatic amines is 2. The molecule has 2 unspecified atom stereocenters. The zero-order valence-corrected chi connectivity index (χ0v) is 16.4. The van der Waals surface area contributed by atoms with E-state index in [4.69, 9.17) is 10.5 Å². The average Bonchev–Trinajstić information content (AvgIpc) is 3.10. The number of hydrogen-bond acceptors (Lipinski definition) is 5. The lowest BCUT2D eigenvalue weighted by molar-refractivity contribution is -0.00520. The van der Waals surface area contributed by atoms with E-state index in [1.807, 2.05) is 42.5 Å². The highest BCUT2D eigenvalue weighted by atomic mass is 16.5. The molecule has 1 aliphatic rings. The van der Waals surface area contributed by atoms with Crippen molar-refractivity contribution in [3.05, 3.63) is 52.8 Å². The monoisotopic (exact) mass is 389 g/mol. The number of anilines is 2. The Kier molecular flexibility index (Phi) is 4.06. The number of morpholine rings is 1. The van der Waals surface area contributed by atoms with E-state index in [0.29, 0.717) is 22.6 Å². The van der Waals surface area contributed by atoms with Gasteiger partial charge < -0.3 is 25.3 Å². The zero-order chi connectivity index (χ0) is 20.1. The predicted octanol–water partition coefficient (Wildman–Crippen LogP) is 3.27. The number of benzene rings is 2. The Labute approximate surface area is 167 Å². The van der Waals surface area contributed by atoms with Gasteiger partial charge in [0.15, 0.2) is 0 Å². The van der Waals surface area contributed by atoms with Crippen LogP contribution in [0.4, 0.5) is 11.4 Å². The summed E-state index contributed by atoms with van der Waals surface area (Å²) in [4.78, 5) is 25.8. The van der Waals surface area contributed by atoms with Gasteiger partial charge in [0.25, 0.3) is 5.56 Å². The van der Waals surface area contributed by atoms with E-state index in [1.54, 1.807) is 0 Å². The Hall–Kier alpha value is -3.32. The molecule has 0 radical (unpaired) electrons. The number of aromatic nitrogens is 3. The van der Waals surface area contributed by atoms with Crippen LogP contribution < -0.4 is 16.2 Å². The maximum absolute atomic E-state index is 12.8. The van der Waals surface area contributed by atoms with E-state index in [9.17, 15) is 4.79 Å². The average molecular weight is 389 g/mol. The number of fused-ring (bicyclic) bond motifs is 2. The van der Waals surface area contributed by atoms with E-state index < -0.39 is 0 Å². The number of nitrogen functional groups attached to an aromatic ring is 1. The molecule has 2 atom stereocenters. The summed E-state index contributed by atoms with van der Waals surface area (Å²) in [6.45, 7) is 5.79. The minimum atomic E-state index is -0.254. The fraction of sp³-hybridized carbons (Fsp3) is 0.273.